The molecule has 1 fully saturated rings. The van der Waals surface area contributed by atoms with Crippen LogP contribution in [-0.2, 0) is 27.8 Å². The third kappa shape index (κ3) is 3.90. The SMILES string of the molecule is CCOC1=NN(Cc2cc(C)no2)Cc2cc(S(=O)(=O)NC3(C)CC3)ccc21. The van der Waals surface area contributed by atoms with Crippen molar-refractivity contribution in [3.8, 4) is 0 Å². The van der Waals surface area contributed by atoms with E-state index in [1.54, 1.807) is 23.2 Å². The summed E-state index contributed by atoms with van der Waals surface area (Å²) >= 11 is 0. The number of nitrogens with one attached hydrogen (secondary N) is 1. The third-order valence-electron chi connectivity index (χ3n) is 4.88. The molecule has 1 saturated carbocycles. The second kappa shape index (κ2) is 6.89. The molecule has 150 valence electrons. The van der Waals surface area contributed by atoms with Crippen molar-refractivity contribution in [1.82, 2.24) is 14.9 Å². The van der Waals surface area contributed by atoms with Gasteiger partial charge >= 0.3 is 0 Å². The van der Waals surface area contributed by atoms with E-state index in [4.69, 9.17) is 9.26 Å². The van der Waals surface area contributed by atoms with E-state index in [0.29, 0.717) is 31.4 Å². The van der Waals surface area contributed by atoms with Crippen LogP contribution >= 0.6 is 0 Å². The lowest BCUT2D eigenvalue weighted by atomic mass is 10.1. The van der Waals surface area contributed by atoms with Gasteiger partial charge < -0.3 is 9.26 Å². The smallest absolute Gasteiger partial charge is 0.241 e. The Kier molecular flexibility index (Phi) is 4.67. The molecule has 1 aliphatic carbocycles. The molecule has 2 aromatic rings. The number of hydrazone groups is 1. The second-order valence-corrected chi connectivity index (χ2v) is 9.26. The number of hydrogen-bond donors (Lipinski definition) is 1. The van der Waals surface area contributed by atoms with Gasteiger partial charge in [-0.1, -0.05) is 5.16 Å². The zero-order valence-corrected chi connectivity index (χ0v) is 17.0. The molecule has 0 unspecified atom stereocenters. The van der Waals surface area contributed by atoms with Crippen LogP contribution in [0.4, 0.5) is 0 Å². The van der Waals surface area contributed by atoms with Crippen molar-refractivity contribution in [1.29, 1.82) is 0 Å². The van der Waals surface area contributed by atoms with Crippen LogP contribution in [0.3, 0.4) is 0 Å². The third-order valence-corrected chi connectivity index (χ3v) is 6.52. The monoisotopic (exact) mass is 404 g/mol. The summed E-state index contributed by atoms with van der Waals surface area (Å²) in [7, 11) is -3.57. The number of hydrogen-bond acceptors (Lipinski definition) is 7. The van der Waals surface area contributed by atoms with Gasteiger partial charge in [0.1, 0.15) is 0 Å². The minimum absolute atomic E-state index is 0.257. The van der Waals surface area contributed by atoms with Crippen LogP contribution in [0.15, 0.2) is 38.8 Å². The quantitative estimate of drug-likeness (QED) is 0.795. The van der Waals surface area contributed by atoms with E-state index in [2.05, 4.69) is 15.0 Å². The van der Waals surface area contributed by atoms with Crippen molar-refractivity contribution < 1.29 is 17.7 Å². The lowest BCUT2D eigenvalue weighted by Crippen LogP contribution is -2.34. The second-order valence-electron chi connectivity index (χ2n) is 7.58. The van der Waals surface area contributed by atoms with Crippen LogP contribution < -0.4 is 4.72 Å². The Morgan fingerprint density at radius 2 is 2.11 bits per heavy atom. The number of aryl methyl sites for hydroxylation is 1. The van der Waals surface area contributed by atoms with Gasteiger partial charge in [0.25, 0.3) is 0 Å². The Morgan fingerprint density at radius 1 is 1.32 bits per heavy atom. The molecule has 8 nitrogen and oxygen atoms in total. The molecule has 2 aliphatic rings. The van der Waals surface area contributed by atoms with Gasteiger partial charge in [-0.15, -0.1) is 5.10 Å². The molecule has 0 amide bonds. The van der Waals surface area contributed by atoms with E-state index in [0.717, 1.165) is 29.7 Å². The first-order chi connectivity index (χ1) is 13.3. The predicted molar refractivity (Wildman–Crippen MR) is 103 cm³/mol. The number of aromatic nitrogens is 1. The Bertz CT molecular complexity index is 1020. The molecule has 0 spiro atoms. The highest BCUT2D eigenvalue weighted by molar-refractivity contribution is 7.89. The van der Waals surface area contributed by atoms with E-state index in [1.807, 2.05) is 26.8 Å². The standard InChI is InChI=1S/C19H24N4O4S/c1-4-26-18-17-6-5-16(28(24,25)22-19(3)7-8-19)10-14(17)11-23(20-18)12-15-9-13(2)21-27-15/h5-6,9-10,22H,4,7-8,11-12H2,1-3H3. The van der Waals surface area contributed by atoms with Gasteiger partial charge in [-0.2, -0.15) is 0 Å². The molecule has 0 radical (unpaired) electrons. The first-order valence-electron chi connectivity index (χ1n) is 9.34. The summed E-state index contributed by atoms with van der Waals surface area (Å²) in [4.78, 5) is 0.257. The fraction of sp³-hybridized carbons (Fsp3) is 0.474. The number of sulfonamides is 1. The van der Waals surface area contributed by atoms with Crippen LogP contribution in [0.5, 0.6) is 0 Å². The van der Waals surface area contributed by atoms with Gasteiger partial charge in [0.15, 0.2) is 5.76 Å². The van der Waals surface area contributed by atoms with Crippen molar-refractivity contribution in [3.63, 3.8) is 0 Å². The summed E-state index contributed by atoms with van der Waals surface area (Å²) in [6, 6.07) is 6.93. The first kappa shape index (κ1) is 18.9. The zero-order valence-electron chi connectivity index (χ0n) is 16.2. The number of ether oxygens (including phenoxy) is 1. The fourth-order valence-electron chi connectivity index (χ4n) is 3.17. The Balaban J connectivity index is 1.63. The van der Waals surface area contributed by atoms with Crippen molar-refractivity contribution >= 4 is 15.9 Å². The maximum Gasteiger partial charge on any atom is 0.241 e. The molecule has 9 heteroatoms. The van der Waals surface area contributed by atoms with E-state index >= 15 is 0 Å². The van der Waals surface area contributed by atoms with Crippen molar-refractivity contribution in [2.45, 2.75) is 57.1 Å². The molecule has 1 N–H and O–H groups in total. The summed E-state index contributed by atoms with van der Waals surface area (Å²) in [5, 5.41) is 10.2. The lowest BCUT2D eigenvalue weighted by molar-refractivity contribution is 0.211. The van der Waals surface area contributed by atoms with Crippen LogP contribution in [0.25, 0.3) is 0 Å². The normalized spacial score (nSPS) is 17.8. The molecule has 4 rings (SSSR count). The fourth-order valence-corrected chi connectivity index (χ4v) is 4.68. The lowest BCUT2D eigenvalue weighted by Gasteiger charge is -2.26. The molecule has 1 aliphatic heterocycles. The maximum absolute atomic E-state index is 12.7. The maximum atomic E-state index is 12.7. The van der Waals surface area contributed by atoms with Gasteiger partial charge in [-0.3, -0.25) is 5.01 Å². The van der Waals surface area contributed by atoms with Crippen molar-refractivity contribution in [2.24, 2.45) is 5.10 Å². The Labute approximate surface area is 164 Å². The average Bonchev–Trinajstić information content (AvgIpc) is 3.20. The molecule has 1 aromatic carbocycles. The molecular formula is C19H24N4O4S. The first-order valence-corrected chi connectivity index (χ1v) is 10.8. The van der Waals surface area contributed by atoms with Crippen LogP contribution in [0, 0.1) is 6.92 Å². The average molecular weight is 404 g/mol. The number of fused-ring (bicyclic) bond motifs is 1. The van der Waals surface area contributed by atoms with E-state index < -0.39 is 10.0 Å². The minimum atomic E-state index is -3.57. The van der Waals surface area contributed by atoms with Gasteiger partial charge in [0.05, 0.1) is 30.3 Å². The highest BCUT2D eigenvalue weighted by atomic mass is 32.2. The summed E-state index contributed by atoms with van der Waals surface area (Å²) in [5.41, 5.74) is 2.14. The highest BCUT2D eigenvalue weighted by Gasteiger charge is 2.41. The molecule has 28 heavy (non-hydrogen) atoms. The molecule has 1 aromatic heterocycles. The number of rotatable bonds is 6. The topological polar surface area (TPSA) is 97.0 Å². The van der Waals surface area contributed by atoms with E-state index in [9.17, 15) is 8.42 Å². The Hall–Kier alpha value is -2.39. The van der Waals surface area contributed by atoms with Crippen molar-refractivity contribution in [2.75, 3.05) is 6.61 Å². The van der Waals surface area contributed by atoms with Crippen LogP contribution in [-0.4, -0.2) is 36.6 Å². The van der Waals surface area contributed by atoms with Crippen molar-refractivity contribution in [3.05, 3.63) is 46.8 Å². The summed E-state index contributed by atoms with van der Waals surface area (Å²) in [6.45, 7) is 7.01. The predicted octanol–water partition coefficient (Wildman–Crippen LogP) is 2.53. The Morgan fingerprint density at radius 3 is 2.75 bits per heavy atom. The number of benzene rings is 1. The molecular weight excluding hydrogens is 380 g/mol. The summed E-state index contributed by atoms with van der Waals surface area (Å²) in [5.74, 6) is 1.17. The van der Waals surface area contributed by atoms with E-state index in [-0.39, 0.29) is 10.4 Å². The summed E-state index contributed by atoms with van der Waals surface area (Å²) < 4.78 is 39.3. The van der Waals surface area contributed by atoms with E-state index in [1.165, 1.54) is 0 Å². The molecule has 0 atom stereocenters. The summed E-state index contributed by atoms with van der Waals surface area (Å²) in [6.07, 6.45) is 1.73. The van der Waals surface area contributed by atoms with Crippen LogP contribution in [0.1, 0.15) is 49.3 Å². The molecule has 2 heterocycles. The van der Waals surface area contributed by atoms with Gasteiger partial charge in [0, 0.05) is 17.2 Å². The number of nitrogens with zero attached hydrogens (tertiary/aromatic N) is 3. The highest BCUT2D eigenvalue weighted by Crippen LogP contribution is 2.36. The largest absolute Gasteiger partial charge is 0.477 e. The van der Waals surface area contributed by atoms with Gasteiger partial charge in [-0.25, -0.2) is 13.1 Å². The minimum Gasteiger partial charge on any atom is -0.477 e. The van der Waals surface area contributed by atoms with Gasteiger partial charge in [0.2, 0.25) is 15.9 Å². The zero-order chi connectivity index (χ0) is 19.9. The molecule has 0 saturated heterocycles. The molecule has 0 bridgehead atoms. The van der Waals surface area contributed by atoms with Crippen LogP contribution in [0.2, 0.25) is 0 Å². The van der Waals surface area contributed by atoms with Gasteiger partial charge in [-0.05, 0) is 57.4 Å².